The standard InChI is InChI=1S/C10H23N/c1-7-8(2)9(11-6)10(3,4)5/h8-9,11H,7H2,1-6H3. The Morgan fingerprint density at radius 3 is 1.82 bits per heavy atom. The molecule has 0 bridgehead atoms. The first-order valence-electron chi connectivity index (χ1n) is 4.60. The summed E-state index contributed by atoms with van der Waals surface area (Å²) in [5.74, 6) is 0.764. The lowest BCUT2D eigenvalue weighted by Gasteiger charge is -2.34. The molecule has 0 saturated heterocycles. The van der Waals surface area contributed by atoms with Gasteiger partial charge in [-0.2, -0.15) is 0 Å². The summed E-state index contributed by atoms with van der Waals surface area (Å²) in [4.78, 5) is 0. The Hall–Kier alpha value is -0.0400. The van der Waals surface area contributed by atoms with Gasteiger partial charge < -0.3 is 5.32 Å². The van der Waals surface area contributed by atoms with Crippen molar-refractivity contribution in [3.63, 3.8) is 0 Å². The highest BCUT2D eigenvalue weighted by Gasteiger charge is 2.26. The Kier molecular flexibility index (Phi) is 4.09. The van der Waals surface area contributed by atoms with E-state index in [0.29, 0.717) is 11.5 Å². The molecule has 0 aliphatic carbocycles. The van der Waals surface area contributed by atoms with E-state index in [-0.39, 0.29) is 0 Å². The Labute approximate surface area is 71.6 Å². The van der Waals surface area contributed by atoms with Crippen LogP contribution >= 0.6 is 0 Å². The average Bonchev–Trinajstić information content (AvgIpc) is 1.86. The van der Waals surface area contributed by atoms with Crippen LogP contribution < -0.4 is 5.32 Å². The van der Waals surface area contributed by atoms with E-state index < -0.39 is 0 Å². The normalized spacial score (nSPS) is 18.0. The SMILES string of the molecule is CCC(C)C(NC)C(C)(C)C. The van der Waals surface area contributed by atoms with E-state index in [1.54, 1.807) is 0 Å². The first-order chi connectivity index (χ1) is 4.93. The van der Waals surface area contributed by atoms with Crippen molar-refractivity contribution in [3.05, 3.63) is 0 Å². The van der Waals surface area contributed by atoms with Crippen LogP contribution in [0, 0.1) is 11.3 Å². The largest absolute Gasteiger partial charge is 0.316 e. The van der Waals surface area contributed by atoms with Crippen molar-refractivity contribution in [1.29, 1.82) is 0 Å². The second-order valence-electron chi connectivity index (χ2n) is 4.52. The summed E-state index contributed by atoms with van der Waals surface area (Å²) in [5, 5.41) is 3.39. The van der Waals surface area contributed by atoms with Gasteiger partial charge in [0.15, 0.2) is 0 Å². The third-order valence-corrected chi connectivity index (χ3v) is 2.46. The molecule has 0 aromatic heterocycles. The summed E-state index contributed by atoms with van der Waals surface area (Å²) in [5.41, 5.74) is 0.379. The fraction of sp³-hybridized carbons (Fsp3) is 1.00. The minimum absolute atomic E-state index is 0.379. The zero-order valence-corrected chi connectivity index (χ0v) is 8.86. The smallest absolute Gasteiger partial charge is 0.0138 e. The van der Waals surface area contributed by atoms with Gasteiger partial charge in [0.2, 0.25) is 0 Å². The van der Waals surface area contributed by atoms with Crippen molar-refractivity contribution in [3.8, 4) is 0 Å². The van der Waals surface area contributed by atoms with Crippen LogP contribution in [0.3, 0.4) is 0 Å². The van der Waals surface area contributed by atoms with E-state index in [2.05, 4.69) is 47.0 Å². The van der Waals surface area contributed by atoms with E-state index in [0.717, 1.165) is 5.92 Å². The maximum atomic E-state index is 3.39. The van der Waals surface area contributed by atoms with Crippen LogP contribution in [0.1, 0.15) is 41.0 Å². The summed E-state index contributed by atoms with van der Waals surface area (Å²) >= 11 is 0. The highest BCUT2D eigenvalue weighted by atomic mass is 14.9. The third-order valence-electron chi connectivity index (χ3n) is 2.46. The number of rotatable bonds is 3. The van der Waals surface area contributed by atoms with Crippen LogP contribution in [0.4, 0.5) is 0 Å². The fourth-order valence-electron chi connectivity index (χ4n) is 1.81. The minimum Gasteiger partial charge on any atom is -0.316 e. The Balaban J connectivity index is 4.16. The number of nitrogens with one attached hydrogen (secondary N) is 1. The van der Waals surface area contributed by atoms with Crippen molar-refractivity contribution in [2.24, 2.45) is 11.3 Å². The van der Waals surface area contributed by atoms with Crippen molar-refractivity contribution < 1.29 is 0 Å². The Morgan fingerprint density at radius 1 is 1.27 bits per heavy atom. The molecule has 0 aromatic carbocycles. The van der Waals surface area contributed by atoms with Gasteiger partial charge in [0.05, 0.1) is 0 Å². The molecule has 2 unspecified atom stereocenters. The first kappa shape index (κ1) is 11.0. The van der Waals surface area contributed by atoms with Gasteiger partial charge in [-0.15, -0.1) is 0 Å². The van der Waals surface area contributed by atoms with Crippen LogP contribution in [0.2, 0.25) is 0 Å². The monoisotopic (exact) mass is 157 g/mol. The van der Waals surface area contributed by atoms with Gasteiger partial charge in [-0.05, 0) is 18.4 Å². The average molecular weight is 157 g/mol. The van der Waals surface area contributed by atoms with Gasteiger partial charge in [0.25, 0.3) is 0 Å². The summed E-state index contributed by atoms with van der Waals surface area (Å²) in [6.45, 7) is 11.4. The molecule has 0 radical (unpaired) electrons. The molecule has 1 N–H and O–H groups in total. The second kappa shape index (κ2) is 4.10. The lowest BCUT2D eigenvalue weighted by molar-refractivity contribution is 0.209. The summed E-state index contributed by atoms with van der Waals surface area (Å²) in [6, 6.07) is 0.632. The van der Waals surface area contributed by atoms with E-state index in [9.17, 15) is 0 Å². The number of hydrogen-bond donors (Lipinski definition) is 1. The van der Waals surface area contributed by atoms with Gasteiger partial charge in [-0.25, -0.2) is 0 Å². The molecule has 11 heavy (non-hydrogen) atoms. The molecule has 0 heterocycles. The predicted molar refractivity (Wildman–Crippen MR) is 51.8 cm³/mol. The molecule has 0 aromatic rings. The molecule has 0 aliphatic heterocycles. The molecule has 0 aliphatic rings. The lowest BCUT2D eigenvalue weighted by atomic mass is 9.79. The molecule has 0 rings (SSSR count). The predicted octanol–water partition coefficient (Wildman–Crippen LogP) is 2.67. The van der Waals surface area contributed by atoms with E-state index in [1.165, 1.54) is 6.42 Å². The molecule has 0 saturated carbocycles. The minimum atomic E-state index is 0.379. The van der Waals surface area contributed by atoms with Crippen molar-refractivity contribution >= 4 is 0 Å². The van der Waals surface area contributed by atoms with Gasteiger partial charge in [-0.3, -0.25) is 0 Å². The highest BCUT2D eigenvalue weighted by Crippen LogP contribution is 2.26. The summed E-state index contributed by atoms with van der Waals surface area (Å²) < 4.78 is 0. The molecule has 2 atom stereocenters. The van der Waals surface area contributed by atoms with E-state index in [4.69, 9.17) is 0 Å². The zero-order chi connectivity index (χ0) is 9.07. The molecule has 0 amide bonds. The number of hydrogen-bond acceptors (Lipinski definition) is 1. The van der Waals surface area contributed by atoms with Gasteiger partial charge >= 0.3 is 0 Å². The van der Waals surface area contributed by atoms with Gasteiger partial charge in [0.1, 0.15) is 0 Å². The second-order valence-corrected chi connectivity index (χ2v) is 4.52. The van der Waals surface area contributed by atoms with Crippen LogP contribution in [0.5, 0.6) is 0 Å². The Bertz CT molecular complexity index is 102. The Morgan fingerprint density at radius 2 is 1.73 bits per heavy atom. The summed E-state index contributed by atoms with van der Waals surface area (Å²) in [7, 11) is 2.06. The van der Waals surface area contributed by atoms with Crippen molar-refractivity contribution in [2.45, 2.75) is 47.1 Å². The molecule has 0 fully saturated rings. The molecule has 0 spiro atoms. The molecular weight excluding hydrogens is 134 g/mol. The first-order valence-corrected chi connectivity index (χ1v) is 4.60. The van der Waals surface area contributed by atoms with E-state index in [1.807, 2.05) is 0 Å². The topological polar surface area (TPSA) is 12.0 Å². The summed E-state index contributed by atoms with van der Waals surface area (Å²) in [6.07, 6.45) is 1.25. The van der Waals surface area contributed by atoms with Crippen LogP contribution in [0.25, 0.3) is 0 Å². The molecule has 68 valence electrons. The molecular formula is C10H23N. The van der Waals surface area contributed by atoms with Gasteiger partial charge in [-0.1, -0.05) is 41.0 Å². The van der Waals surface area contributed by atoms with Crippen LogP contribution in [-0.2, 0) is 0 Å². The fourth-order valence-corrected chi connectivity index (χ4v) is 1.81. The quantitative estimate of drug-likeness (QED) is 0.664. The maximum Gasteiger partial charge on any atom is 0.0138 e. The lowest BCUT2D eigenvalue weighted by Crippen LogP contribution is -2.42. The zero-order valence-electron chi connectivity index (χ0n) is 8.86. The maximum absolute atomic E-state index is 3.39. The highest BCUT2D eigenvalue weighted by molar-refractivity contribution is 4.82. The van der Waals surface area contributed by atoms with Crippen LogP contribution in [0.15, 0.2) is 0 Å². The molecule has 1 heteroatoms. The van der Waals surface area contributed by atoms with Gasteiger partial charge in [0, 0.05) is 6.04 Å². The van der Waals surface area contributed by atoms with Crippen molar-refractivity contribution in [1.82, 2.24) is 5.32 Å². The third kappa shape index (κ3) is 3.24. The molecule has 1 nitrogen and oxygen atoms in total. The van der Waals surface area contributed by atoms with Crippen molar-refractivity contribution in [2.75, 3.05) is 7.05 Å². The van der Waals surface area contributed by atoms with E-state index >= 15 is 0 Å². The van der Waals surface area contributed by atoms with Crippen LogP contribution in [-0.4, -0.2) is 13.1 Å².